The monoisotopic (exact) mass is 273 g/mol. The van der Waals surface area contributed by atoms with Crippen LogP contribution >= 0.6 is 11.6 Å². The average molecular weight is 274 g/mol. The van der Waals surface area contributed by atoms with Crippen LogP contribution in [0.4, 0.5) is 5.69 Å². The third-order valence-electron chi connectivity index (χ3n) is 2.93. The highest BCUT2D eigenvalue weighted by Gasteiger charge is 2.15. The minimum atomic E-state index is 0.0792. The van der Waals surface area contributed by atoms with E-state index in [0.717, 1.165) is 5.69 Å². The van der Waals surface area contributed by atoms with Gasteiger partial charge in [-0.3, -0.25) is 0 Å². The molecule has 1 aromatic rings. The van der Waals surface area contributed by atoms with Gasteiger partial charge < -0.3 is 19.5 Å². The van der Waals surface area contributed by atoms with Gasteiger partial charge in [-0.1, -0.05) is 11.6 Å². The number of benzene rings is 1. The molecule has 0 heterocycles. The molecule has 4 nitrogen and oxygen atoms in total. The van der Waals surface area contributed by atoms with E-state index in [4.69, 9.17) is 25.8 Å². The summed E-state index contributed by atoms with van der Waals surface area (Å²) >= 11 is 6.10. The first kappa shape index (κ1) is 14.9. The summed E-state index contributed by atoms with van der Waals surface area (Å²) in [6, 6.07) is 3.68. The van der Waals surface area contributed by atoms with Gasteiger partial charge in [0.2, 0.25) is 0 Å². The van der Waals surface area contributed by atoms with Crippen molar-refractivity contribution in [3.8, 4) is 11.5 Å². The van der Waals surface area contributed by atoms with E-state index in [1.54, 1.807) is 33.5 Å². The summed E-state index contributed by atoms with van der Waals surface area (Å²) in [7, 11) is 4.86. The summed E-state index contributed by atoms with van der Waals surface area (Å²) in [5.41, 5.74) is 0.819. The van der Waals surface area contributed by atoms with E-state index in [9.17, 15) is 0 Å². The summed E-state index contributed by atoms with van der Waals surface area (Å²) in [6.07, 6.45) is 0.0792. The molecule has 1 rings (SSSR count). The minimum Gasteiger partial charge on any atom is -0.495 e. The third kappa shape index (κ3) is 3.43. The van der Waals surface area contributed by atoms with Crippen LogP contribution in [0.2, 0.25) is 5.02 Å². The molecule has 18 heavy (non-hydrogen) atoms. The van der Waals surface area contributed by atoms with Crippen molar-refractivity contribution in [2.24, 2.45) is 0 Å². The molecule has 0 aliphatic carbocycles. The predicted molar refractivity (Wildman–Crippen MR) is 74.1 cm³/mol. The number of nitrogens with one attached hydrogen (secondary N) is 1. The number of hydrogen-bond acceptors (Lipinski definition) is 4. The molecular weight excluding hydrogens is 254 g/mol. The number of rotatable bonds is 6. The standard InChI is InChI=1S/C13H20ClNO3/c1-8(9(2)16-3)15-11-6-10(14)12(17-4)7-13(11)18-5/h6-9,15H,1-5H3. The van der Waals surface area contributed by atoms with Gasteiger partial charge >= 0.3 is 0 Å². The highest BCUT2D eigenvalue weighted by Crippen LogP contribution is 2.36. The lowest BCUT2D eigenvalue weighted by Crippen LogP contribution is -2.29. The zero-order valence-corrected chi connectivity index (χ0v) is 12.2. The summed E-state index contributed by atoms with van der Waals surface area (Å²) < 4.78 is 15.7. The molecule has 0 aliphatic rings. The second kappa shape index (κ2) is 6.71. The molecule has 0 aliphatic heterocycles. The molecule has 1 aromatic carbocycles. The summed E-state index contributed by atoms with van der Waals surface area (Å²) in [4.78, 5) is 0. The molecule has 0 spiro atoms. The van der Waals surface area contributed by atoms with Gasteiger partial charge in [0.25, 0.3) is 0 Å². The zero-order chi connectivity index (χ0) is 13.7. The first-order chi connectivity index (χ1) is 8.53. The van der Waals surface area contributed by atoms with Gasteiger partial charge in [0.1, 0.15) is 11.5 Å². The van der Waals surface area contributed by atoms with Crippen LogP contribution in [0.3, 0.4) is 0 Å². The molecule has 0 bridgehead atoms. The Kier molecular flexibility index (Phi) is 5.56. The Labute approximate surface area is 113 Å². The molecule has 0 saturated carbocycles. The normalized spacial score (nSPS) is 13.9. The van der Waals surface area contributed by atoms with Crippen molar-refractivity contribution in [3.05, 3.63) is 17.2 Å². The van der Waals surface area contributed by atoms with E-state index in [2.05, 4.69) is 5.32 Å². The maximum atomic E-state index is 6.10. The summed E-state index contributed by atoms with van der Waals surface area (Å²) in [6.45, 7) is 4.03. The smallest absolute Gasteiger partial charge is 0.145 e. The van der Waals surface area contributed by atoms with Crippen LogP contribution in [0, 0.1) is 0 Å². The SMILES string of the molecule is COc1cc(OC)c(NC(C)C(C)OC)cc1Cl. The molecule has 2 unspecified atom stereocenters. The first-order valence-corrected chi connectivity index (χ1v) is 6.12. The lowest BCUT2D eigenvalue weighted by atomic mass is 10.2. The van der Waals surface area contributed by atoms with Crippen LogP contribution in [0.25, 0.3) is 0 Å². The van der Waals surface area contributed by atoms with E-state index >= 15 is 0 Å². The Hall–Kier alpha value is -1.13. The number of ether oxygens (including phenoxy) is 3. The number of halogens is 1. The fraction of sp³-hybridized carbons (Fsp3) is 0.538. The number of anilines is 1. The Balaban J connectivity index is 2.97. The van der Waals surface area contributed by atoms with Crippen molar-refractivity contribution in [2.45, 2.75) is 26.0 Å². The molecule has 102 valence electrons. The zero-order valence-electron chi connectivity index (χ0n) is 11.4. The van der Waals surface area contributed by atoms with Gasteiger partial charge in [-0.05, 0) is 19.9 Å². The summed E-state index contributed by atoms with van der Waals surface area (Å²) in [5.74, 6) is 1.28. The van der Waals surface area contributed by atoms with E-state index in [1.807, 2.05) is 13.8 Å². The highest BCUT2D eigenvalue weighted by molar-refractivity contribution is 6.32. The van der Waals surface area contributed by atoms with Crippen molar-refractivity contribution >= 4 is 17.3 Å². The average Bonchev–Trinajstić information content (AvgIpc) is 2.38. The van der Waals surface area contributed by atoms with Crippen LogP contribution in [-0.2, 0) is 4.74 Å². The molecule has 1 N–H and O–H groups in total. The Morgan fingerprint density at radius 2 is 1.67 bits per heavy atom. The van der Waals surface area contributed by atoms with Crippen LogP contribution in [0.15, 0.2) is 12.1 Å². The Morgan fingerprint density at radius 3 is 2.17 bits per heavy atom. The molecule has 2 atom stereocenters. The van der Waals surface area contributed by atoms with E-state index in [0.29, 0.717) is 16.5 Å². The molecular formula is C13H20ClNO3. The maximum Gasteiger partial charge on any atom is 0.145 e. The van der Waals surface area contributed by atoms with Gasteiger partial charge in [0.15, 0.2) is 0 Å². The fourth-order valence-electron chi connectivity index (χ4n) is 1.54. The fourth-order valence-corrected chi connectivity index (χ4v) is 1.78. The van der Waals surface area contributed by atoms with Gasteiger partial charge in [0.05, 0.1) is 31.0 Å². The number of methoxy groups -OCH3 is 3. The molecule has 0 radical (unpaired) electrons. The minimum absolute atomic E-state index is 0.0792. The van der Waals surface area contributed by atoms with Crippen molar-refractivity contribution in [1.82, 2.24) is 0 Å². The van der Waals surface area contributed by atoms with Crippen molar-refractivity contribution in [1.29, 1.82) is 0 Å². The Bertz CT molecular complexity index is 398. The topological polar surface area (TPSA) is 39.7 Å². The van der Waals surface area contributed by atoms with Gasteiger partial charge in [-0.2, -0.15) is 0 Å². The van der Waals surface area contributed by atoms with Crippen LogP contribution < -0.4 is 14.8 Å². The molecule has 0 saturated heterocycles. The van der Waals surface area contributed by atoms with Crippen LogP contribution in [-0.4, -0.2) is 33.5 Å². The second-order valence-electron chi connectivity index (χ2n) is 4.06. The third-order valence-corrected chi connectivity index (χ3v) is 3.23. The van der Waals surface area contributed by atoms with Crippen molar-refractivity contribution in [2.75, 3.05) is 26.6 Å². The molecule has 5 heteroatoms. The van der Waals surface area contributed by atoms with E-state index < -0.39 is 0 Å². The first-order valence-electron chi connectivity index (χ1n) is 5.74. The van der Waals surface area contributed by atoms with E-state index in [1.165, 1.54) is 0 Å². The highest BCUT2D eigenvalue weighted by atomic mass is 35.5. The Morgan fingerprint density at radius 1 is 1.06 bits per heavy atom. The van der Waals surface area contributed by atoms with Crippen LogP contribution in [0.1, 0.15) is 13.8 Å². The van der Waals surface area contributed by atoms with Gasteiger partial charge in [0, 0.05) is 19.2 Å². The maximum absolute atomic E-state index is 6.10. The predicted octanol–water partition coefficient (Wildman–Crippen LogP) is 3.19. The summed E-state index contributed by atoms with van der Waals surface area (Å²) in [5, 5.41) is 3.85. The molecule has 0 aromatic heterocycles. The quantitative estimate of drug-likeness (QED) is 0.864. The van der Waals surface area contributed by atoms with Crippen LogP contribution in [0.5, 0.6) is 11.5 Å². The lowest BCUT2D eigenvalue weighted by Gasteiger charge is -2.22. The van der Waals surface area contributed by atoms with Gasteiger partial charge in [-0.15, -0.1) is 0 Å². The van der Waals surface area contributed by atoms with E-state index in [-0.39, 0.29) is 12.1 Å². The van der Waals surface area contributed by atoms with Gasteiger partial charge in [-0.25, -0.2) is 0 Å². The lowest BCUT2D eigenvalue weighted by molar-refractivity contribution is 0.106. The van der Waals surface area contributed by atoms with Crippen molar-refractivity contribution in [3.63, 3.8) is 0 Å². The molecule has 0 amide bonds. The van der Waals surface area contributed by atoms with Crippen molar-refractivity contribution < 1.29 is 14.2 Å². The second-order valence-corrected chi connectivity index (χ2v) is 4.47. The largest absolute Gasteiger partial charge is 0.495 e. The number of hydrogen-bond donors (Lipinski definition) is 1. The molecule has 0 fully saturated rings.